The van der Waals surface area contributed by atoms with Crippen molar-refractivity contribution in [2.75, 3.05) is 24.6 Å². The second kappa shape index (κ2) is 4.98. The first-order valence-corrected chi connectivity index (χ1v) is 6.63. The van der Waals surface area contributed by atoms with Crippen LogP contribution in [0.3, 0.4) is 0 Å². The van der Waals surface area contributed by atoms with E-state index in [0.29, 0.717) is 13.2 Å². The number of benzene rings is 1. The number of amides is 1. The maximum Gasteiger partial charge on any atom is 0.244 e. The molecule has 2 heterocycles. The lowest BCUT2D eigenvalue weighted by Crippen LogP contribution is -2.50. The molecule has 96 valence electrons. The Hall–Kier alpha value is -1.55. The van der Waals surface area contributed by atoms with Crippen LogP contribution in [0.25, 0.3) is 0 Å². The van der Waals surface area contributed by atoms with Gasteiger partial charge in [-0.05, 0) is 31.5 Å². The molecule has 3 rings (SSSR count). The maximum absolute atomic E-state index is 12.5. The summed E-state index contributed by atoms with van der Waals surface area (Å²) in [6, 6.07) is 7.73. The Labute approximate surface area is 107 Å². The number of ether oxygens (including phenoxy) is 1. The van der Waals surface area contributed by atoms with Gasteiger partial charge in [-0.15, -0.1) is 0 Å². The van der Waals surface area contributed by atoms with E-state index in [2.05, 4.69) is 5.32 Å². The number of para-hydroxylation sites is 2. The highest BCUT2D eigenvalue weighted by atomic mass is 16.5. The molecule has 18 heavy (non-hydrogen) atoms. The van der Waals surface area contributed by atoms with Gasteiger partial charge in [0.1, 0.15) is 12.4 Å². The Balaban J connectivity index is 1.82. The molecule has 1 aromatic rings. The maximum atomic E-state index is 12.5. The van der Waals surface area contributed by atoms with E-state index >= 15 is 0 Å². The highest BCUT2D eigenvalue weighted by Crippen LogP contribution is 2.31. The molecule has 4 nitrogen and oxygen atoms in total. The van der Waals surface area contributed by atoms with Crippen LogP contribution >= 0.6 is 0 Å². The topological polar surface area (TPSA) is 41.6 Å². The third-order valence-electron chi connectivity index (χ3n) is 3.60. The average Bonchev–Trinajstić information content (AvgIpc) is 2.47. The summed E-state index contributed by atoms with van der Waals surface area (Å²) in [7, 11) is 0. The number of carbonyl (C=O) groups excluding carboxylic acids is 1. The van der Waals surface area contributed by atoms with Crippen LogP contribution < -0.4 is 15.0 Å². The number of anilines is 1. The first kappa shape index (κ1) is 11.5. The molecule has 1 atom stereocenters. The van der Waals surface area contributed by atoms with Crippen LogP contribution in [-0.4, -0.2) is 31.6 Å². The number of nitrogens with zero attached hydrogens (tertiary/aromatic N) is 1. The van der Waals surface area contributed by atoms with Crippen molar-refractivity contribution in [3.63, 3.8) is 0 Å². The lowest BCUT2D eigenvalue weighted by Gasteiger charge is -2.33. The summed E-state index contributed by atoms with van der Waals surface area (Å²) in [5.74, 6) is 0.998. The van der Waals surface area contributed by atoms with Gasteiger partial charge in [0.15, 0.2) is 0 Å². The zero-order valence-electron chi connectivity index (χ0n) is 10.4. The van der Waals surface area contributed by atoms with Gasteiger partial charge in [-0.2, -0.15) is 0 Å². The Bertz CT molecular complexity index is 441. The molecule has 0 radical (unpaired) electrons. The van der Waals surface area contributed by atoms with E-state index in [1.54, 1.807) is 0 Å². The summed E-state index contributed by atoms with van der Waals surface area (Å²) in [5.41, 5.74) is 0.904. The summed E-state index contributed by atoms with van der Waals surface area (Å²) < 4.78 is 5.58. The fourth-order valence-electron chi connectivity index (χ4n) is 2.65. The monoisotopic (exact) mass is 246 g/mol. The molecule has 0 aliphatic carbocycles. The third-order valence-corrected chi connectivity index (χ3v) is 3.60. The normalized spacial score (nSPS) is 23.1. The minimum Gasteiger partial charge on any atom is -0.490 e. The van der Waals surface area contributed by atoms with E-state index in [-0.39, 0.29) is 11.9 Å². The molecule has 1 N–H and O–H groups in total. The Kier molecular flexibility index (Phi) is 3.19. The van der Waals surface area contributed by atoms with Gasteiger partial charge in [0, 0.05) is 0 Å². The molecular weight excluding hydrogens is 228 g/mol. The van der Waals surface area contributed by atoms with E-state index < -0.39 is 0 Å². The number of fused-ring (bicyclic) bond motifs is 1. The number of nitrogens with one attached hydrogen (secondary N) is 1. The summed E-state index contributed by atoms with van der Waals surface area (Å²) in [6.07, 6.45) is 3.25. The summed E-state index contributed by atoms with van der Waals surface area (Å²) in [5, 5.41) is 3.31. The molecule has 2 aliphatic rings. The molecule has 1 aromatic carbocycles. The Morgan fingerprint density at radius 3 is 3.06 bits per heavy atom. The summed E-state index contributed by atoms with van der Waals surface area (Å²) in [4.78, 5) is 14.4. The molecule has 2 aliphatic heterocycles. The average molecular weight is 246 g/mol. The molecule has 0 bridgehead atoms. The zero-order chi connectivity index (χ0) is 12.4. The van der Waals surface area contributed by atoms with Crippen LogP contribution in [-0.2, 0) is 4.79 Å². The summed E-state index contributed by atoms with van der Waals surface area (Å²) in [6.45, 7) is 2.17. The van der Waals surface area contributed by atoms with Crippen molar-refractivity contribution >= 4 is 11.6 Å². The third kappa shape index (κ3) is 2.08. The second-order valence-corrected chi connectivity index (χ2v) is 4.81. The smallest absolute Gasteiger partial charge is 0.244 e. The molecule has 1 saturated heterocycles. The van der Waals surface area contributed by atoms with Gasteiger partial charge in [-0.1, -0.05) is 18.6 Å². The first-order chi connectivity index (χ1) is 8.86. The number of piperidine rings is 1. The van der Waals surface area contributed by atoms with Crippen LogP contribution in [0.15, 0.2) is 24.3 Å². The molecule has 0 spiro atoms. The SMILES string of the molecule is O=C(C1CCCCN1)N1CCOc2ccccc21. The van der Waals surface area contributed by atoms with Gasteiger partial charge in [0.05, 0.1) is 18.3 Å². The van der Waals surface area contributed by atoms with E-state index in [4.69, 9.17) is 4.74 Å². The van der Waals surface area contributed by atoms with Crippen molar-refractivity contribution in [1.29, 1.82) is 0 Å². The Morgan fingerprint density at radius 1 is 1.33 bits per heavy atom. The lowest BCUT2D eigenvalue weighted by atomic mass is 10.0. The molecule has 1 amide bonds. The molecule has 1 fully saturated rings. The molecular formula is C14H18N2O2. The fraction of sp³-hybridized carbons (Fsp3) is 0.500. The fourth-order valence-corrected chi connectivity index (χ4v) is 2.65. The van der Waals surface area contributed by atoms with Crippen LogP contribution in [0.1, 0.15) is 19.3 Å². The van der Waals surface area contributed by atoms with Gasteiger partial charge in [-0.3, -0.25) is 4.79 Å². The van der Waals surface area contributed by atoms with E-state index in [1.807, 2.05) is 29.2 Å². The second-order valence-electron chi connectivity index (χ2n) is 4.81. The quantitative estimate of drug-likeness (QED) is 0.817. The highest BCUT2D eigenvalue weighted by Gasteiger charge is 2.29. The van der Waals surface area contributed by atoms with Crippen molar-refractivity contribution < 1.29 is 9.53 Å². The van der Waals surface area contributed by atoms with Gasteiger partial charge < -0.3 is 15.0 Å². The van der Waals surface area contributed by atoms with Gasteiger partial charge in [0.25, 0.3) is 0 Å². The van der Waals surface area contributed by atoms with Crippen LogP contribution in [0.4, 0.5) is 5.69 Å². The minimum absolute atomic E-state index is 0.0232. The van der Waals surface area contributed by atoms with Crippen LogP contribution in [0, 0.1) is 0 Å². The van der Waals surface area contributed by atoms with Crippen molar-refractivity contribution in [3.8, 4) is 5.75 Å². The first-order valence-electron chi connectivity index (χ1n) is 6.63. The largest absolute Gasteiger partial charge is 0.490 e. The number of carbonyl (C=O) groups is 1. The van der Waals surface area contributed by atoms with Crippen molar-refractivity contribution in [3.05, 3.63) is 24.3 Å². The van der Waals surface area contributed by atoms with Gasteiger partial charge >= 0.3 is 0 Å². The molecule has 1 unspecified atom stereocenters. The number of hydrogen-bond acceptors (Lipinski definition) is 3. The molecule has 4 heteroatoms. The van der Waals surface area contributed by atoms with Crippen LogP contribution in [0.5, 0.6) is 5.75 Å². The molecule has 0 aromatic heterocycles. The van der Waals surface area contributed by atoms with E-state index in [1.165, 1.54) is 6.42 Å². The standard InChI is InChI=1S/C14H18N2O2/c17-14(11-5-3-4-8-15-11)16-9-10-18-13-7-2-1-6-12(13)16/h1-2,6-7,11,15H,3-5,8-10H2. The van der Waals surface area contributed by atoms with Gasteiger partial charge in [0.2, 0.25) is 5.91 Å². The van der Waals surface area contributed by atoms with E-state index in [9.17, 15) is 4.79 Å². The lowest BCUT2D eigenvalue weighted by molar-refractivity contribution is -0.121. The van der Waals surface area contributed by atoms with Crippen molar-refractivity contribution in [1.82, 2.24) is 5.32 Å². The predicted octanol–water partition coefficient (Wildman–Crippen LogP) is 1.55. The number of hydrogen-bond donors (Lipinski definition) is 1. The van der Waals surface area contributed by atoms with Crippen molar-refractivity contribution in [2.24, 2.45) is 0 Å². The minimum atomic E-state index is -0.0232. The highest BCUT2D eigenvalue weighted by molar-refractivity contribution is 5.98. The Morgan fingerprint density at radius 2 is 2.22 bits per heavy atom. The predicted molar refractivity (Wildman–Crippen MR) is 69.9 cm³/mol. The van der Waals surface area contributed by atoms with Gasteiger partial charge in [-0.25, -0.2) is 0 Å². The number of rotatable bonds is 1. The zero-order valence-corrected chi connectivity index (χ0v) is 10.4. The van der Waals surface area contributed by atoms with Crippen LogP contribution in [0.2, 0.25) is 0 Å². The molecule has 0 saturated carbocycles. The van der Waals surface area contributed by atoms with E-state index in [0.717, 1.165) is 30.8 Å². The summed E-state index contributed by atoms with van der Waals surface area (Å²) >= 11 is 0. The van der Waals surface area contributed by atoms with Crippen molar-refractivity contribution in [2.45, 2.75) is 25.3 Å².